The van der Waals surface area contributed by atoms with Crippen LogP contribution in [0.5, 0.6) is 0 Å². The molecule has 1 rings (SSSR count). The normalized spacial score (nSPS) is 10.6. The van der Waals surface area contributed by atoms with Crippen LogP contribution in [0.4, 0.5) is 0 Å². The lowest BCUT2D eigenvalue weighted by atomic mass is 10.4. The lowest BCUT2D eigenvalue weighted by Gasteiger charge is -1.77. The minimum absolute atomic E-state index is 0.412. The molecule has 0 amide bonds. The van der Waals surface area contributed by atoms with Gasteiger partial charge >= 0.3 is 5.97 Å². The number of thiazole rings is 1. The lowest BCUT2D eigenvalue weighted by molar-refractivity contribution is -0.131. The van der Waals surface area contributed by atoms with Crippen molar-refractivity contribution in [1.29, 1.82) is 0 Å². The molecule has 0 fully saturated rings. The molecule has 0 bridgehead atoms. The second-order valence-electron chi connectivity index (χ2n) is 1.69. The highest BCUT2D eigenvalue weighted by Gasteiger charge is 1.94. The van der Waals surface area contributed by atoms with Gasteiger partial charge in [0.05, 0.1) is 0 Å². The molecule has 3 nitrogen and oxygen atoms in total. The predicted molar refractivity (Wildman–Crippen MR) is 43.8 cm³/mol. The first-order chi connectivity index (χ1) is 5.18. The summed E-state index contributed by atoms with van der Waals surface area (Å²) in [6, 6.07) is 0. The van der Waals surface area contributed by atoms with Gasteiger partial charge < -0.3 is 5.11 Å². The number of aromatic nitrogens is 1. The molecular formula is C6H4ClNO2S. The molecule has 5 heteroatoms. The Labute approximate surface area is 72.0 Å². The molecule has 0 saturated carbocycles. The smallest absolute Gasteiger partial charge is 0.328 e. The van der Waals surface area contributed by atoms with Gasteiger partial charge in [0.25, 0.3) is 0 Å². The number of nitrogens with zero attached hydrogens (tertiary/aromatic N) is 1. The highest BCUT2D eigenvalue weighted by Crippen LogP contribution is 2.18. The number of carbonyl (C=O) groups is 1. The summed E-state index contributed by atoms with van der Waals surface area (Å²) in [6.07, 6.45) is 4.02. The van der Waals surface area contributed by atoms with Gasteiger partial charge in [0.1, 0.15) is 0 Å². The van der Waals surface area contributed by atoms with Gasteiger partial charge in [-0.25, -0.2) is 9.78 Å². The highest BCUT2D eigenvalue weighted by atomic mass is 35.5. The highest BCUT2D eigenvalue weighted by molar-refractivity contribution is 7.16. The van der Waals surface area contributed by atoms with Crippen LogP contribution in [0.1, 0.15) is 4.88 Å². The van der Waals surface area contributed by atoms with Gasteiger partial charge in [-0.05, 0) is 6.08 Å². The summed E-state index contributed by atoms with van der Waals surface area (Å²) in [5.74, 6) is -0.977. The van der Waals surface area contributed by atoms with Gasteiger partial charge in [0.2, 0.25) is 0 Å². The van der Waals surface area contributed by atoms with Gasteiger partial charge in [-0.1, -0.05) is 11.6 Å². The number of carboxylic acid groups (broad SMARTS) is 1. The van der Waals surface area contributed by atoms with E-state index in [0.717, 1.165) is 11.0 Å². The van der Waals surface area contributed by atoms with Crippen LogP contribution in [0, 0.1) is 0 Å². The monoisotopic (exact) mass is 189 g/mol. The molecule has 0 saturated heterocycles. The van der Waals surface area contributed by atoms with E-state index in [4.69, 9.17) is 16.7 Å². The second kappa shape index (κ2) is 3.50. The largest absolute Gasteiger partial charge is 0.478 e. The molecule has 0 aliphatic heterocycles. The van der Waals surface area contributed by atoms with Crippen molar-refractivity contribution in [2.45, 2.75) is 0 Å². The number of hydrogen-bond donors (Lipinski definition) is 1. The Kier molecular flexibility index (Phi) is 2.62. The fourth-order valence-corrected chi connectivity index (χ4v) is 1.35. The van der Waals surface area contributed by atoms with Gasteiger partial charge in [-0.2, -0.15) is 0 Å². The SMILES string of the molecule is O=C(O)/C=C/c1cnc(Cl)s1. The van der Waals surface area contributed by atoms with Crippen LogP contribution in [0.2, 0.25) is 4.47 Å². The molecule has 1 aromatic rings. The second-order valence-corrected chi connectivity index (χ2v) is 3.33. The van der Waals surface area contributed by atoms with Crippen LogP contribution < -0.4 is 0 Å². The van der Waals surface area contributed by atoms with Crippen molar-refractivity contribution in [1.82, 2.24) is 4.98 Å². The summed E-state index contributed by atoms with van der Waals surface area (Å²) < 4.78 is 0.412. The molecule has 0 aliphatic carbocycles. The Hall–Kier alpha value is -0.870. The molecule has 58 valence electrons. The van der Waals surface area contributed by atoms with Crippen molar-refractivity contribution >= 4 is 35.0 Å². The van der Waals surface area contributed by atoms with Gasteiger partial charge in [-0.15, -0.1) is 11.3 Å². The van der Waals surface area contributed by atoms with E-state index in [2.05, 4.69) is 4.98 Å². The van der Waals surface area contributed by atoms with E-state index in [1.165, 1.54) is 23.6 Å². The molecule has 1 heterocycles. The third kappa shape index (κ3) is 2.69. The fraction of sp³-hybridized carbons (Fsp3) is 0. The van der Waals surface area contributed by atoms with Crippen molar-refractivity contribution in [2.24, 2.45) is 0 Å². The maximum absolute atomic E-state index is 10.0. The summed E-state index contributed by atoms with van der Waals surface area (Å²) in [4.78, 5) is 14.5. The Morgan fingerprint density at radius 2 is 2.55 bits per heavy atom. The van der Waals surface area contributed by atoms with Crippen molar-refractivity contribution in [3.8, 4) is 0 Å². The topological polar surface area (TPSA) is 50.2 Å². The molecule has 0 spiro atoms. The Morgan fingerprint density at radius 3 is 3.00 bits per heavy atom. The maximum atomic E-state index is 10.0. The molecule has 0 aliphatic rings. The lowest BCUT2D eigenvalue weighted by Crippen LogP contribution is -1.84. The van der Waals surface area contributed by atoms with E-state index in [-0.39, 0.29) is 0 Å². The summed E-state index contributed by atoms with van der Waals surface area (Å²) in [5, 5.41) is 8.25. The van der Waals surface area contributed by atoms with E-state index in [1.54, 1.807) is 0 Å². The minimum atomic E-state index is -0.977. The van der Waals surface area contributed by atoms with E-state index >= 15 is 0 Å². The van der Waals surface area contributed by atoms with Crippen molar-refractivity contribution in [3.63, 3.8) is 0 Å². The molecule has 11 heavy (non-hydrogen) atoms. The van der Waals surface area contributed by atoms with Crippen molar-refractivity contribution in [2.75, 3.05) is 0 Å². The number of halogens is 1. The standard InChI is InChI=1S/C6H4ClNO2S/c7-6-8-3-4(11-6)1-2-5(9)10/h1-3H,(H,9,10)/b2-1+. The fourth-order valence-electron chi connectivity index (χ4n) is 0.495. The van der Waals surface area contributed by atoms with Crippen LogP contribution >= 0.6 is 22.9 Å². The molecule has 1 aromatic heterocycles. The average Bonchev–Trinajstić information content (AvgIpc) is 2.31. The van der Waals surface area contributed by atoms with E-state index in [0.29, 0.717) is 4.47 Å². The Bertz CT molecular complexity index is 295. The van der Waals surface area contributed by atoms with E-state index < -0.39 is 5.97 Å². The number of hydrogen-bond acceptors (Lipinski definition) is 3. The molecule has 1 N–H and O–H groups in total. The Morgan fingerprint density at radius 1 is 1.82 bits per heavy atom. The number of aliphatic carboxylic acids is 1. The molecule has 0 atom stereocenters. The van der Waals surface area contributed by atoms with Crippen LogP contribution in [0.25, 0.3) is 6.08 Å². The third-order valence-corrected chi connectivity index (χ3v) is 1.97. The first-order valence-electron chi connectivity index (χ1n) is 2.71. The predicted octanol–water partition coefficient (Wildman–Crippen LogP) is 1.89. The van der Waals surface area contributed by atoms with Crippen LogP contribution in [-0.2, 0) is 4.79 Å². The van der Waals surface area contributed by atoms with Gasteiger partial charge in [0, 0.05) is 17.2 Å². The minimum Gasteiger partial charge on any atom is -0.478 e. The van der Waals surface area contributed by atoms with Gasteiger partial charge in [0.15, 0.2) is 4.47 Å². The zero-order chi connectivity index (χ0) is 8.27. The van der Waals surface area contributed by atoms with Crippen LogP contribution in [-0.4, -0.2) is 16.1 Å². The van der Waals surface area contributed by atoms with Gasteiger partial charge in [-0.3, -0.25) is 0 Å². The number of carboxylic acids is 1. The van der Waals surface area contributed by atoms with E-state index in [9.17, 15) is 4.79 Å². The first kappa shape index (κ1) is 8.23. The first-order valence-corrected chi connectivity index (χ1v) is 3.90. The Balaban J connectivity index is 2.71. The zero-order valence-corrected chi connectivity index (χ0v) is 6.89. The molecular weight excluding hydrogens is 186 g/mol. The number of rotatable bonds is 2. The van der Waals surface area contributed by atoms with Crippen molar-refractivity contribution < 1.29 is 9.90 Å². The maximum Gasteiger partial charge on any atom is 0.328 e. The molecule has 0 radical (unpaired) electrons. The summed E-state index contributed by atoms with van der Waals surface area (Å²) in [6.45, 7) is 0. The molecule has 0 unspecified atom stereocenters. The van der Waals surface area contributed by atoms with Crippen LogP contribution in [0.3, 0.4) is 0 Å². The molecule has 0 aromatic carbocycles. The quantitative estimate of drug-likeness (QED) is 0.723. The van der Waals surface area contributed by atoms with Crippen molar-refractivity contribution in [3.05, 3.63) is 21.6 Å². The average molecular weight is 190 g/mol. The zero-order valence-electron chi connectivity index (χ0n) is 5.32. The summed E-state index contributed by atoms with van der Waals surface area (Å²) in [7, 11) is 0. The summed E-state index contributed by atoms with van der Waals surface area (Å²) in [5.41, 5.74) is 0. The van der Waals surface area contributed by atoms with Crippen LogP contribution in [0.15, 0.2) is 12.3 Å². The summed E-state index contributed by atoms with van der Waals surface area (Å²) >= 11 is 6.74. The third-order valence-electron chi connectivity index (χ3n) is 0.886. The van der Waals surface area contributed by atoms with E-state index in [1.807, 2.05) is 0 Å².